The summed E-state index contributed by atoms with van der Waals surface area (Å²) in [5.41, 5.74) is 0.561. The van der Waals surface area contributed by atoms with Crippen LogP contribution in [0.3, 0.4) is 0 Å². The number of ether oxygens (including phenoxy) is 2. The lowest BCUT2D eigenvalue weighted by molar-refractivity contribution is 0.0127. The Kier molecular flexibility index (Phi) is 6.20. The highest BCUT2D eigenvalue weighted by atomic mass is 16.6. The van der Waals surface area contributed by atoms with Crippen LogP contribution in [0.15, 0.2) is 24.3 Å². The number of urea groups is 1. The van der Waals surface area contributed by atoms with Gasteiger partial charge in [0.2, 0.25) is 0 Å². The van der Waals surface area contributed by atoms with Gasteiger partial charge in [0.05, 0.1) is 25.3 Å². The Morgan fingerprint density at radius 1 is 1.20 bits per heavy atom. The van der Waals surface area contributed by atoms with Crippen LogP contribution in [-0.2, 0) is 9.47 Å². The smallest absolute Gasteiger partial charge is 0.410 e. The number of piperazine rings is 1. The number of fused-ring (bicyclic) bond motifs is 1. The molecule has 2 heterocycles. The first-order valence-corrected chi connectivity index (χ1v) is 9.88. The summed E-state index contributed by atoms with van der Waals surface area (Å²) in [5.74, 6) is 5.58. The molecule has 0 spiro atoms. The van der Waals surface area contributed by atoms with E-state index in [-0.39, 0.29) is 24.7 Å². The van der Waals surface area contributed by atoms with E-state index >= 15 is 0 Å². The van der Waals surface area contributed by atoms with Gasteiger partial charge >= 0.3 is 18.1 Å². The quantitative estimate of drug-likeness (QED) is 0.549. The van der Waals surface area contributed by atoms with E-state index in [1.807, 2.05) is 20.8 Å². The molecule has 8 nitrogen and oxygen atoms in total. The molecule has 0 N–H and O–H groups in total. The number of benzene rings is 1. The second-order valence-corrected chi connectivity index (χ2v) is 8.31. The van der Waals surface area contributed by atoms with E-state index < -0.39 is 11.6 Å². The monoisotopic (exact) mass is 413 g/mol. The van der Waals surface area contributed by atoms with E-state index in [2.05, 4.69) is 11.8 Å². The number of methoxy groups -OCH3 is 1. The summed E-state index contributed by atoms with van der Waals surface area (Å²) in [4.78, 5) is 41.7. The van der Waals surface area contributed by atoms with Crippen molar-refractivity contribution < 1.29 is 23.9 Å². The first-order chi connectivity index (χ1) is 14.2. The Bertz CT molecular complexity index is 896. The second kappa shape index (κ2) is 8.66. The molecule has 1 atom stereocenters. The topological polar surface area (TPSA) is 79.4 Å². The maximum Gasteiger partial charge on any atom is 0.410 e. The number of amides is 3. The molecule has 0 aliphatic carbocycles. The number of nitrogens with zero attached hydrogens (tertiary/aromatic N) is 3. The van der Waals surface area contributed by atoms with Gasteiger partial charge in [-0.2, -0.15) is 0 Å². The highest BCUT2D eigenvalue weighted by Gasteiger charge is 2.42. The normalized spacial score (nSPS) is 18.5. The Balaban J connectivity index is 1.59. The summed E-state index contributed by atoms with van der Waals surface area (Å²) in [6.07, 6.45) is -0.349. The van der Waals surface area contributed by atoms with E-state index in [1.54, 1.807) is 39.0 Å². The van der Waals surface area contributed by atoms with Crippen LogP contribution in [0, 0.1) is 11.8 Å². The molecule has 1 aromatic rings. The van der Waals surface area contributed by atoms with Crippen LogP contribution in [-0.4, -0.2) is 84.3 Å². The molecule has 2 aliphatic heterocycles. The largest absolute Gasteiger partial charge is 0.465 e. The number of hydrogen-bond acceptors (Lipinski definition) is 5. The molecule has 0 saturated carbocycles. The molecule has 1 unspecified atom stereocenters. The zero-order valence-corrected chi connectivity index (χ0v) is 17.8. The van der Waals surface area contributed by atoms with E-state index in [1.165, 1.54) is 7.11 Å². The van der Waals surface area contributed by atoms with Crippen molar-refractivity contribution in [1.29, 1.82) is 0 Å². The molecule has 8 heteroatoms. The van der Waals surface area contributed by atoms with E-state index in [9.17, 15) is 14.4 Å². The Labute approximate surface area is 176 Å². The standard InChI is InChI=1S/C22H27N3O5/c1-22(2,3)30-21(28)24-11-12-25-18(15-24)14-23(20(25)27)10-6-8-16-7-5-9-17(13-16)19(26)29-4/h5,7,9,13,18H,10-12,14-15H2,1-4H3. The lowest BCUT2D eigenvalue weighted by Gasteiger charge is -2.37. The third kappa shape index (κ3) is 5.03. The van der Waals surface area contributed by atoms with Crippen LogP contribution in [0.5, 0.6) is 0 Å². The predicted molar refractivity (Wildman–Crippen MR) is 110 cm³/mol. The predicted octanol–water partition coefficient (Wildman–Crippen LogP) is 2.18. The van der Waals surface area contributed by atoms with Gasteiger partial charge in [0.15, 0.2) is 0 Å². The van der Waals surface area contributed by atoms with Crippen molar-refractivity contribution in [3.05, 3.63) is 35.4 Å². The number of esters is 1. The average Bonchev–Trinajstić information content (AvgIpc) is 3.01. The van der Waals surface area contributed by atoms with Crippen molar-refractivity contribution in [3.8, 4) is 11.8 Å². The first kappa shape index (κ1) is 21.5. The maximum absolute atomic E-state index is 12.7. The second-order valence-electron chi connectivity index (χ2n) is 8.31. The van der Waals surface area contributed by atoms with Crippen LogP contribution >= 0.6 is 0 Å². The lowest BCUT2D eigenvalue weighted by atomic mass is 10.1. The van der Waals surface area contributed by atoms with E-state index in [0.717, 1.165) is 0 Å². The number of carbonyl (C=O) groups excluding carboxylic acids is 3. The third-order valence-electron chi connectivity index (χ3n) is 4.87. The lowest BCUT2D eigenvalue weighted by Crippen LogP contribution is -2.54. The van der Waals surface area contributed by atoms with Crippen molar-refractivity contribution in [1.82, 2.24) is 14.7 Å². The molecular weight excluding hydrogens is 386 g/mol. The summed E-state index contributed by atoms with van der Waals surface area (Å²) in [6.45, 7) is 7.68. The molecule has 30 heavy (non-hydrogen) atoms. The van der Waals surface area contributed by atoms with Crippen LogP contribution < -0.4 is 0 Å². The molecule has 0 aromatic heterocycles. The highest BCUT2D eigenvalue weighted by Crippen LogP contribution is 2.22. The van der Waals surface area contributed by atoms with Gasteiger partial charge in [-0.15, -0.1) is 0 Å². The van der Waals surface area contributed by atoms with Crippen LogP contribution in [0.1, 0.15) is 36.7 Å². The summed E-state index contributed by atoms with van der Waals surface area (Å²) in [6, 6.07) is 6.72. The van der Waals surface area contributed by atoms with Crippen molar-refractivity contribution in [2.45, 2.75) is 32.4 Å². The molecular formula is C22H27N3O5. The molecule has 3 amide bonds. The first-order valence-electron chi connectivity index (χ1n) is 9.88. The number of carbonyl (C=O) groups is 3. The van der Waals surface area contributed by atoms with Crippen LogP contribution in [0.4, 0.5) is 9.59 Å². The maximum atomic E-state index is 12.7. The van der Waals surface area contributed by atoms with Crippen molar-refractivity contribution in [2.24, 2.45) is 0 Å². The minimum Gasteiger partial charge on any atom is -0.465 e. The van der Waals surface area contributed by atoms with Crippen LogP contribution in [0.2, 0.25) is 0 Å². The van der Waals surface area contributed by atoms with E-state index in [0.29, 0.717) is 37.3 Å². The summed E-state index contributed by atoms with van der Waals surface area (Å²) < 4.78 is 10.2. The van der Waals surface area contributed by atoms with Crippen molar-refractivity contribution in [3.63, 3.8) is 0 Å². The van der Waals surface area contributed by atoms with Crippen LogP contribution in [0.25, 0.3) is 0 Å². The third-order valence-corrected chi connectivity index (χ3v) is 4.87. The number of hydrogen-bond donors (Lipinski definition) is 0. The molecule has 3 rings (SSSR count). The minimum absolute atomic E-state index is 0.0665. The Morgan fingerprint density at radius 3 is 2.67 bits per heavy atom. The van der Waals surface area contributed by atoms with Gasteiger partial charge in [-0.1, -0.05) is 17.9 Å². The van der Waals surface area contributed by atoms with Gasteiger partial charge < -0.3 is 24.2 Å². The summed E-state index contributed by atoms with van der Waals surface area (Å²) in [5, 5.41) is 0. The molecule has 0 radical (unpaired) electrons. The molecule has 2 aliphatic rings. The fourth-order valence-corrected chi connectivity index (χ4v) is 3.48. The van der Waals surface area contributed by atoms with Gasteiger partial charge in [0.1, 0.15) is 5.60 Å². The SMILES string of the molecule is COC(=O)c1cccc(C#CCN2CC3CN(C(=O)OC(C)(C)C)CCN3C2=O)c1. The molecule has 160 valence electrons. The number of rotatable bonds is 2. The molecule has 1 aromatic carbocycles. The van der Waals surface area contributed by atoms with Gasteiger partial charge in [0, 0.05) is 31.7 Å². The minimum atomic E-state index is -0.549. The zero-order valence-electron chi connectivity index (χ0n) is 17.8. The highest BCUT2D eigenvalue weighted by molar-refractivity contribution is 5.89. The van der Waals surface area contributed by atoms with Gasteiger partial charge in [-0.25, -0.2) is 14.4 Å². The summed E-state index contributed by atoms with van der Waals surface area (Å²) in [7, 11) is 1.33. The fourth-order valence-electron chi connectivity index (χ4n) is 3.48. The van der Waals surface area contributed by atoms with Gasteiger partial charge in [0.25, 0.3) is 0 Å². The molecule has 2 fully saturated rings. The van der Waals surface area contributed by atoms with Crippen molar-refractivity contribution >= 4 is 18.1 Å². The van der Waals surface area contributed by atoms with Crippen molar-refractivity contribution in [2.75, 3.05) is 39.8 Å². The Hall–Kier alpha value is -3.21. The zero-order chi connectivity index (χ0) is 21.9. The van der Waals surface area contributed by atoms with E-state index in [4.69, 9.17) is 9.47 Å². The van der Waals surface area contributed by atoms with Gasteiger partial charge in [-0.05, 0) is 39.0 Å². The van der Waals surface area contributed by atoms with Gasteiger partial charge in [-0.3, -0.25) is 0 Å². The average molecular weight is 413 g/mol. The summed E-state index contributed by atoms with van der Waals surface area (Å²) >= 11 is 0. The molecule has 2 saturated heterocycles. The fraction of sp³-hybridized carbons (Fsp3) is 0.500. The Morgan fingerprint density at radius 2 is 1.97 bits per heavy atom. The molecule has 0 bridgehead atoms.